The molecule has 4 aromatic rings. The number of rotatable bonds is 6. The van der Waals surface area contributed by atoms with Crippen LogP contribution >= 0.6 is 11.6 Å². The van der Waals surface area contributed by atoms with Crippen molar-refractivity contribution < 1.29 is 4.79 Å². The second-order valence-corrected chi connectivity index (χ2v) is 9.33. The maximum Gasteiger partial charge on any atom is 0.257 e. The second kappa shape index (κ2) is 10.5. The summed E-state index contributed by atoms with van der Waals surface area (Å²) >= 11 is 6.42. The van der Waals surface area contributed by atoms with E-state index in [9.17, 15) is 4.79 Å². The van der Waals surface area contributed by atoms with Crippen LogP contribution in [0.2, 0.25) is 5.02 Å². The van der Waals surface area contributed by atoms with E-state index in [0.29, 0.717) is 16.3 Å². The molecular weight excluding hydrogens is 474 g/mol. The first-order valence-electron chi connectivity index (χ1n) is 11.9. The molecule has 1 amide bonds. The van der Waals surface area contributed by atoms with Gasteiger partial charge < -0.3 is 14.8 Å². The van der Waals surface area contributed by atoms with E-state index in [4.69, 9.17) is 11.6 Å². The summed E-state index contributed by atoms with van der Waals surface area (Å²) in [5.74, 6) is 1.40. The highest BCUT2D eigenvalue weighted by molar-refractivity contribution is 6.33. The molecule has 0 radical (unpaired) electrons. The predicted molar refractivity (Wildman–Crippen MR) is 142 cm³/mol. The fourth-order valence-corrected chi connectivity index (χ4v) is 4.49. The normalized spacial score (nSPS) is 14.1. The summed E-state index contributed by atoms with van der Waals surface area (Å²) in [6.45, 7) is 6.48. The summed E-state index contributed by atoms with van der Waals surface area (Å²) in [7, 11) is 1.94. The lowest BCUT2D eigenvalue weighted by atomic mass is 10.1. The number of piperazine rings is 1. The molecule has 8 nitrogen and oxygen atoms in total. The predicted octanol–water partition coefficient (Wildman–Crippen LogP) is 4.41. The van der Waals surface area contributed by atoms with E-state index in [1.54, 1.807) is 24.5 Å². The van der Waals surface area contributed by atoms with Crippen LogP contribution in [0.3, 0.4) is 0 Å². The lowest BCUT2D eigenvalue weighted by Gasteiger charge is -2.35. The summed E-state index contributed by atoms with van der Waals surface area (Å²) in [6, 6.07) is 15.1. The van der Waals surface area contributed by atoms with Crippen molar-refractivity contribution in [2.24, 2.45) is 7.05 Å². The molecule has 0 atom stereocenters. The Labute approximate surface area is 215 Å². The van der Waals surface area contributed by atoms with Crippen LogP contribution in [0.25, 0.3) is 11.4 Å². The molecule has 9 heteroatoms. The fourth-order valence-electron chi connectivity index (χ4n) is 4.29. The molecule has 1 aliphatic rings. The van der Waals surface area contributed by atoms with Crippen molar-refractivity contribution in [3.8, 4) is 11.4 Å². The minimum atomic E-state index is -0.224. The highest BCUT2D eigenvalue weighted by Gasteiger charge is 2.19. The molecule has 1 aromatic carbocycles. The Morgan fingerprint density at radius 2 is 1.83 bits per heavy atom. The molecule has 184 valence electrons. The average molecular weight is 502 g/mol. The number of imidazole rings is 1. The van der Waals surface area contributed by atoms with Gasteiger partial charge in [-0.3, -0.25) is 14.7 Å². The molecule has 36 heavy (non-hydrogen) atoms. The van der Waals surface area contributed by atoms with Gasteiger partial charge in [0.05, 0.1) is 16.3 Å². The Balaban J connectivity index is 1.20. The van der Waals surface area contributed by atoms with Gasteiger partial charge in [0, 0.05) is 75.3 Å². The quantitative estimate of drug-likeness (QED) is 0.421. The van der Waals surface area contributed by atoms with E-state index in [-0.39, 0.29) is 5.91 Å². The monoisotopic (exact) mass is 501 g/mol. The second-order valence-electron chi connectivity index (χ2n) is 8.92. The largest absolute Gasteiger partial charge is 0.354 e. The summed E-state index contributed by atoms with van der Waals surface area (Å²) < 4.78 is 1.97. The molecule has 1 aliphatic heterocycles. The molecular formula is C27H28ClN7O. The average Bonchev–Trinajstić information content (AvgIpc) is 3.24. The molecule has 1 N–H and O–H groups in total. The first-order chi connectivity index (χ1) is 17.5. The number of halogens is 1. The lowest BCUT2D eigenvalue weighted by molar-refractivity contribution is 0.102. The molecule has 0 aliphatic carbocycles. The fraction of sp³-hybridized carbons (Fsp3) is 0.259. The highest BCUT2D eigenvalue weighted by Crippen LogP contribution is 2.30. The number of benzene rings is 1. The number of carbonyl (C=O) groups is 1. The minimum Gasteiger partial charge on any atom is -0.354 e. The Kier molecular flexibility index (Phi) is 6.97. The van der Waals surface area contributed by atoms with Gasteiger partial charge >= 0.3 is 0 Å². The van der Waals surface area contributed by atoms with Gasteiger partial charge in [-0.25, -0.2) is 9.97 Å². The van der Waals surface area contributed by atoms with Crippen LogP contribution in [0.5, 0.6) is 0 Å². The molecule has 1 fully saturated rings. The van der Waals surface area contributed by atoms with Gasteiger partial charge in [0.2, 0.25) is 0 Å². The van der Waals surface area contributed by atoms with Crippen LogP contribution in [0.4, 0.5) is 11.5 Å². The van der Waals surface area contributed by atoms with Crippen LogP contribution in [0.15, 0.2) is 67.1 Å². The van der Waals surface area contributed by atoms with Crippen molar-refractivity contribution in [3.63, 3.8) is 0 Å². The topological polar surface area (TPSA) is 79.2 Å². The first-order valence-corrected chi connectivity index (χ1v) is 12.3. The molecule has 3 aromatic heterocycles. The maximum atomic E-state index is 12.9. The van der Waals surface area contributed by atoms with Crippen LogP contribution in [0, 0.1) is 6.92 Å². The van der Waals surface area contributed by atoms with Crippen molar-refractivity contribution in [1.82, 2.24) is 24.4 Å². The van der Waals surface area contributed by atoms with E-state index in [1.807, 2.05) is 55.1 Å². The number of pyridine rings is 2. The van der Waals surface area contributed by atoms with Gasteiger partial charge in [-0.15, -0.1) is 0 Å². The summed E-state index contributed by atoms with van der Waals surface area (Å²) in [5, 5.41) is 3.53. The van der Waals surface area contributed by atoms with E-state index in [1.165, 1.54) is 0 Å². The van der Waals surface area contributed by atoms with E-state index in [2.05, 4.69) is 36.1 Å². The number of aromatic nitrogens is 4. The Morgan fingerprint density at radius 3 is 2.50 bits per heavy atom. The SMILES string of the molecule is Cc1cnc(-c2cc(NC(=O)c3ccc(N4CCN(Cc5ccccn5)CC4)nc3)ccc2Cl)n1C. The number of hydrogen-bond donors (Lipinski definition) is 1. The molecule has 0 bridgehead atoms. The first kappa shape index (κ1) is 24.0. The molecule has 0 spiro atoms. The van der Waals surface area contributed by atoms with Crippen molar-refractivity contribution in [2.75, 3.05) is 36.4 Å². The number of carbonyl (C=O) groups excluding carboxylic acids is 1. The number of amides is 1. The number of nitrogens with zero attached hydrogens (tertiary/aromatic N) is 6. The smallest absolute Gasteiger partial charge is 0.257 e. The Morgan fingerprint density at radius 1 is 1.00 bits per heavy atom. The van der Waals surface area contributed by atoms with Gasteiger partial charge in [0.25, 0.3) is 5.91 Å². The van der Waals surface area contributed by atoms with Crippen molar-refractivity contribution in [2.45, 2.75) is 13.5 Å². The molecule has 0 unspecified atom stereocenters. The van der Waals surface area contributed by atoms with Gasteiger partial charge in [0.15, 0.2) is 0 Å². The third kappa shape index (κ3) is 5.24. The third-order valence-electron chi connectivity index (χ3n) is 6.50. The zero-order chi connectivity index (χ0) is 25.1. The van der Waals surface area contributed by atoms with Gasteiger partial charge in [-0.1, -0.05) is 17.7 Å². The van der Waals surface area contributed by atoms with E-state index >= 15 is 0 Å². The van der Waals surface area contributed by atoms with Crippen molar-refractivity contribution in [3.05, 3.63) is 89.1 Å². The van der Waals surface area contributed by atoms with Crippen LogP contribution in [-0.4, -0.2) is 56.5 Å². The standard InChI is InChI=1S/C27H28ClN7O/c1-19-16-31-26(33(19)2)23-15-21(7-8-24(23)28)32-27(36)20-6-9-25(30-17-20)35-13-11-34(12-14-35)18-22-5-3-4-10-29-22/h3-10,15-17H,11-14,18H2,1-2H3,(H,32,36). The summed E-state index contributed by atoms with van der Waals surface area (Å²) in [4.78, 5) is 31.0. The van der Waals surface area contributed by atoms with Gasteiger partial charge in [0.1, 0.15) is 11.6 Å². The van der Waals surface area contributed by atoms with Crippen molar-refractivity contribution in [1.29, 1.82) is 0 Å². The van der Waals surface area contributed by atoms with Crippen LogP contribution < -0.4 is 10.2 Å². The molecule has 4 heterocycles. The van der Waals surface area contributed by atoms with Gasteiger partial charge in [-0.05, 0) is 49.4 Å². The third-order valence-corrected chi connectivity index (χ3v) is 6.83. The van der Waals surface area contributed by atoms with Crippen molar-refractivity contribution >= 4 is 29.0 Å². The van der Waals surface area contributed by atoms with Gasteiger partial charge in [-0.2, -0.15) is 0 Å². The Bertz CT molecular complexity index is 1350. The Hall–Kier alpha value is -3.75. The summed E-state index contributed by atoms with van der Waals surface area (Å²) in [5.41, 5.74) is 4.02. The van der Waals surface area contributed by atoms with E-state index < -0.39 is 0 Å². The maximum absolute atomic E-state index is 12.9. The number of nitrogens with one attached hydrogen (secondary N) is 1. The number of hydrogen-bond acceptors (Lipinski definition) is 6. The van der Waals surface area contributed by atoms with Crippen LogP contribution in [-0.2, 0) is 13.6 Å². The molecule has 0 saturated carbocycles. The molecule has 5 rings (SSSR count). The minimum absolute atomic E-state index is 0.224. The lowest BCUT2D eigenvalue weighted by Crippen LogP contribution is -2.46. The highest BCUT2D eigenvalue weighted by atomic mass is 35.5. The number of anilines is 2. The molecule has 1 saturated heterocycles. The number of aryl methyl sites for hydroxylation is 1. The zero-order valence-electron chi connectivity index (χ0n) is 20.4. The van der Waals surface area contributed by atoms with E-state index in [0.717, 1.165) is 61.3 Å². The van der Waals surface area contributed by atoms with Crippen LogP contribution in [0.1, 0.15) is 21.7 Å². The zero-order valence-corrected chi connectivity index (χ0v) is 21.1. The summed E-state index contributed by atoms with van der Waals surface area (Å²) in [6.07, 6.45) is 5.26.